The van der Waals surface area contributed by atoms with E-state index in [0.717, 1.165) is 16.5 Å². The molecule has 0 fully saturated rings. The lowest BCUT2D eigenvalue weighted by Crippen LogP contribution is -2.17. The van der Waals surface area contributed by atoms with Crippen LogP contribution in [0, 0.1) is 0 Å². The molecule has 1 aromatic carbocycles. The molecule has 5 heteroatoms. The Kier molecular flexibility index (Phi) is 4.58. The smallest absolute Gasteiger partial charge is 0.318 e. The van der Waals surface area contributed by atoms with Crippen molar-refractivity contribution in [2.24, 2.45) is 0 Å². The highest BCUT2D eigenvalue weighted by Gasteiger charge is 2.17. The zero-order valence-corrected chi connectivity index (χ0v) is 9.44. The van der Waals surface area contributed by atoms with Crippen LogP contribution in [0.15, 0.2) is 24.3 Å². The van der Waals surface area contributed by atoms with E-state index in [1.165, 1.54) is 0 Å². The number of rotatable bonds is 4. The van der Waals surface area contributed by atoms with E-state index >= 15 is 0 Å². The average molecular weight is 251 g/mol. The highest BCUT2D eigenvalue weighted by Crippen LogP contribution is 2.21. The Morgan fingerprint density at radius 1 is 1.43 bits per heavy atom. The highest BCUT2D eigenvalue weighted by molar-refractivity contribution is 8.22. The fourth-order valence-electron chi connectivity index (χ4n) is 0.991. The minimum atomic E-state index is -0.903. The second-order valence-electron chi connectivity index (χ2n) is 2.75. The van der Waals surface area contributed by atoms with Gasteiger partial charge in [0.25, 0.3) is 0 Å². The summed E-state index contributed by atoms with van der Waals surface area (Å²) in [6.45, 7) is 0. The van der Waals surface area contributed by atoms with E-state index in [1.54, 1.807) is 24.3 Å². The van der Waals surface area contributed by atoms with E-state index in [9.17, 15) is 4.79 Å². The third-order valence-corrected chi connectivity index (χ3v) is 3.20. The third kappa shape index (κ3) is 3.40. The lowest BCUT2D eigenvalue weighted by atomic mass is 10.1. The van der Waals surface area contributed by atoms with Gasteiger partial charge in [-0.15, -0.1) is 0 Å². The van der Waals surface area contributed by atoms with Crippen molar-refractivity contribution < 1.29 is 9.90 Å². The molecule has 76 valence electrons. The van der Waals surface area contributed by atoms with Crippen molar-refractivity contribution >= 4 is 39.2 Å². The van der Waals surface area contributed by atoms with Gasteiger partial charge < -0.3 is 5.11 Å². The normalized spacial score (nSPS) is 12.4. The predicted octanol–water partition coefficient (Wildman–Crippen LogP) is 3.22. The SMILES string of the molecule is O=C(O)C(Cc1ccc(Cl)cc1)SCl. The van der Waals surface area contributed by atoms with Gasteiger partial charge in [0, 0.05) is 5.02 Å². The minimum Gasteiger partial charge on any atom is -0.480 e. The molecule has 0 aromatic heterocycles. The van der Waals surface area contributed by atoms with Crippen LogP contribution in [-0.4, -0.2) is 16.3 Å². The van der Waals surface area contributed by atoms with Crippen LogP contribution >= 0.6 is 33.3 Å². The van der Waals surface area contributed by atoms with E-state index in [4.69, 9.17) is 27.4 Å². The molecule has 0 bridgehead atoms. The summed E-state index contributed by atoms with van der Waals surface area (Å²) in [5.41, 5.74) is 0.912. The molecule has 1 atom stereocenters. The lowest BCUT2D eigenvalue weighted by molar-refractivity contribution is -0.136. The molecule has 1 N–H and O–H groups in total. The van der Waals surface area contributed by atoms with E-state index in [-0.39, 0.29) is 0 Å². The highest BCUT2D eigenvalue weighted by atomic mass is 35.7. The second-order valence-corrected chi connectivity index (χ2v) is 4.46. The van der Waals surface area contributed by atoms with Gasteiger partial charge in [-0.2, -0.15) is 0 Å². The summed E-state index contributed by atoms with van der Waals surface area (Å²) in [6.07, 6.45) is 0.403. The van der Waals surface area contributed by atoms with Crippen molar-refractivity contribution in [3.05, 3.63) is 34.9 Å². The van der Waals surface area contributed by atoms with E-state index < -0.39 is 11.2 Å². The molecule has 0 aliphatic heterocycles. The number of aliphatic carboxylic acids is 1. The fourth-order valence-corrected chi connectivity index (χ4v) is 1.87. The Labute approximate surface area is 95.7 Å². The standard InChI is InChI=1S/C9H8Cl2O2S/c10-7-3-1-6(2-4-7)5-8(14-11)9(12)13/h1-4,8H,5H2,(H,12,13). The van der Waals surface area contributed by atoms with Gasteiger partial charge in [0.1, 0.15) is 5.25 Å². The molecule has 0 saturated carbocycles. The van der Waals surface area contributed by atoms with Gasteiger partial charge >= 0.3 is 5.97 Å². The molecule has 0 saturated heterocycles. The van der Waals surface area contributed by atoms with E-state index in [1.807, 2.05) is 0 Å². The van der Waals surface area contributed by atoms with Crippen molar-refractivity contribution in [3.63, 3.8) is 0 Å². The number of halogens is 2. The summed E-state index contributed by atoms with van der Waals surface area (Å²) in [4.78, 5) is 10.7. The van der Waals surface area contributed by atoms with Crippen LogP contribution in [0.25, 0.3) is 0 Å². The summed E-state index contributed by atoms with van der Waals surface area (Å²) < 4.78 is 0. The largest absolute Gasteiger partial charge is 0.480 e. The Bertz CT molecular complexity index is 313. The summed E-state index contributed by atoms with van der Waals surface area (Å²) in [6, 6.07) is 7.06. The van der Waals surface area contributed by atoms with Crippen molar-refractivity contribution in [2.75, 3.05) is 0 Å². The summed E-state index contributed by atoms with van der Waals surface area (Å²) in [5.74, 6) is -0.903. The molecule has 14 heavy (non-hydrogen) atoms. The number of benzene rings is 1. The summed E-state index contributed by atoms with van der Waals surface area (Å²) >= 11 is 5.70. The Morgan fingerprint density at radius 2 is 2.00 bits per heavy atom. The summed E-state index contributed by atoms with van der Waals surface area (Å²) in [5, 5.41) is 8.78. The van der Waals surface area contributed by atoms with Crippen LogP contribution < -0.4 is 0 Å². The molecule has 0 spiro atoms. The molecule has 0 aliphatic carbocycles. The van der Waals surface area contributed by atoms with Crippen molar-refractivity contribution in [1.82, 2.24) is 0 Å². The molecule has 1 rings (SSSR count). The monoisotopic (exact) mass is 250 g/mol. The average Bonchev–Trinajstić information content (AvgIpc) is 2.16. The van der Waals surface area contributed by atoms with Crippen LogP contribution in [0.2, 0.25) is 5.02 Å². The maximum absolute atomic E-state index is 10.7. The second kappa shape index (κ2) is 5.49. The molecule has 0 aliphatic rings. The molecular formula is C9H8Cl2O2S. The minimum absolute atomic E-state index is 0.403. The molecule has 2 nitrogen and oxygen atoms in total. The Balaban J connectivity index is 2.67. The van der Waals surface area contributed by atoms with Crippen LogP contribution in [0.3, 0.4) is 0 Å². The van der Waals surface area contributed by atoms with Crippen LogP contribution in [-0.2, 0) is 11.2 Å². The Hall–Kier alpha value is -0.380. The van der Waals surface area contributed by atoms with Crippen molar-refractivity contribution in [1.29, 1.82) is 0 Å². The van der Waals surface area contributed by atoms with Gasteiger partial charge in [0.2, 0.25) is 0 Å². The quantitative estimate of drug-likeness (QED) is 0.892. The zero-order valence-electron chi connectivity index (χ0n) is 7.11. The third-order valence-electron chi connectivity index (χ3n) is 1.72. The van der Waals surface area contributed by atoms with Gasteiger partial charge in [0.05, 0.1) is 0 Å². The fraction of sp³-hybridized carbons (Fsp3) is 0.222. The number of carboxylic acids is 1. The molecular weight excluding hydrogens is 243 g/mol. The topological polar surface area (TPSA) is 37.3 Å². The van der Waals surface area contributed by atoms with Gasteiger partial charge in [-0.25, -0.2) is 0 Å². The zero-order chi connectivity index (χ0) is 10.6. The van der Waals surface area contributed by atoms with Crippen LogP contribution in [0.4, 0.5) is 0 Å². The Morgan fingerprint density at radius 3 is 2.43 bits per heavy atom. The first-order valence-corrected chi connectivity index (χ1v) is 5.96. The van der Waals surface area contributed by atoms with Gasteiger partial charge in [-0.3, -0.25) is 4.79 Å². The van der Waals surface area contributed by atoms with Gasteiger partial charge in [0.15, 0.2) is 0 Å². The van der Waals surface area contributed by atoms with Crippen molar-refractivity contribution in [3.8, 4) is 0 Å². The number of hydrogen-bond acceptors (Lipinski definition) is 2. The first-order chi connectivity index (χ1) is 6.63. The van der Waals surface area contributed by atoms with Gasteiger partial charge in [-0.1, -0.05) is 23.7 Å². The summed E-state index contributed by atoms with van der Waals surface area (Å²) in [7, 11) is 6.27. The molecule has 0 amide bonds. The first kappa shape index (κ1) is 11.7. The lowest BCUT2D eigenvalue weighted by Gasteiger charge is -2.07. The maximum atomic E-state index is 10.7. The molecule has 0 radical (unpaired) electrons. The molecule has 1 aromatic rings. The molecule has 0 heterocycles. The predicted molar refractivity (Wildman–Crippen MR) is 60.0 cm³/mol. The van der Waals surface area contributed by atoms with Crippen LogP contribution in [0.5, 0.6) is 0 Å². The van der Waals surface area contributed by atoms with Crippen molar-refractivity contribution in [2.45, 2.75) is 11.7 Å². The van der Waals surface area contributed by atoms with E-state index in [2.05, 4.69) is 0 Å². The number of hydrogen-bond donors (Lipinski definition) is 1. The molecule has 1 unspecified atom stereocenters. The first-order valence-electron chi connectivity index (χ1n) is 3.88. The van der Waals surface area contributed by atoms with Gasteiger partial charge in [-0.05, 0) is 45.8 Å². The maximum Gasteiger partial charge on any atom is 0.318 e. The van der Waals surface area contributed by atoms with E-state index in [0.29, 0.717) is 11.4 Å². The number of carbonyl (C=O) groups is 1. The number of carboxylic acid groups (broad SMARTS) is 1. The van der Waals surface area contributed by atoms with Crippen LogP contribution in [0.1, 0.15) is 5.56 Å².